The summed E-state index contributed by atoms with van der Waals surface area (Å²) in [4.78, 5) is 15.4. The monoisotopic (exact) mass is 273 g/mol. The van der Waals surface area contributed by atoms with Gasteiger partial charge in [0.1, 0.15) is 6.10 Å². The van der Waals surface area contributed by atoms with E-state index in [0.29, 0.717) is 6.54 Å². The fourth-order valence-electron chi connectivity index (χ4n) is 2.65. The summed E-state index contributed by atoms with van der Waals surface area (Å²) in [7, 11) is 0. The molecule has 2 heterocycles. The average molecular weight is 273 g/mol. The standard InChI is InChI=1S/C15H19N3O2/c1-9-6-10-7-11(2-4-13(10)17-9)18-15(19)14-5-3-12(8-16)20-14/h2,4,6-7,12,14,17H,3,5,8,16H2,1H3,(H,18,19)/t12-,14+/m1/s1. The number of hydrogen-bond donors (Lipinski definition) is 3. The number of aromatic amines is 1. The van der Waals surface area contributed by atoms with E-state index < -0.39 is 0 Å². The number of aromatic nitrogens is 1. The number of hydrogen-bond acceptors (Lipinski definition) is 3. The number of carbonyl (C=O) groups excluding carboxylic acids is 1. The molecule has 4 N–H and O–H groups in total. The number of benzene rings is 1. The quantitative estimate of drug-likeness (QED) is 0.799. The third kappa shape index (κ3) is 2.55. The predicted molar refractivity (Wildman–Crippen MR) is 78.6 cm³/mol. The molecule has 1 aliphatic heterocycles. The lowest BCUT2D eigenvalue weighted by atomic mass is 10.2. The van der Waals surface area contributed by atoms with Crippen molar-refractivity contribution in [3.8, 4) is 0 Å². The molecule has 1 aliphatic rings. The highest BCUT2D eigenvalue weighted by molar-refractivity contribution is 5.96. The Bertz CT molecular complexity index is 635. The maximum Gasteiger partial charge on any atom is 0.253 e. The van der Waals surface area contributed by atoms with Crippen molar-refractivity contribution in [3.05, 3.63) is 30.0 Å². The molecule has 0 unspecified atom stereocenters. The van der Waals surface area contributed by atoms with Crippen molar-refractivity contribution in [2.75, 3.05) is 11.9 Å². The number of ether oxygens (including phenoxy) is 1. The van der Waals surface area contributed by atoms with Gasteiger partial charge < -0.3 is 20.8 Å². The van der Waals surface area contributed by atoms with Gasteiger partial charge in [-0.05, 0) is 44.0 Å². The largest absolute Gasteiger partial charge is 0.364 e. The minimum Gasteiger partial charge on any atom is -0.364 e. The number of carbonyl (C=O) groups is 1. The lowest BCUT2D eigenvalue weighted by molar-refractivity contribution is -0.126. The summed E-state index contributed by atoms with van der Waals surface area (Å²) in [5, 5.41) is 4.00. The smallest absolute Gasteiger partial charge is 0.253 e. The van der Waals surface area contributed by atoms with Crippen molar-refractivity contribution >= 4 is 22.5 Å². The van der Waals surface area contributed by atoms with E-state index in [1.54, 1.807) is 0 Å². The molecule has 0 bridgehead atoms. The summed E-state index contributed by atoms with van der Waals surface area (Å²) in [5.41, 5.74) is 8.52. The number of rotatable bonds is 3. The van der Waals surface area contributed by atoms with Crippen LogP contribution in [0.5, 0.6) is 0 Å². The summed E-state index contributed by atoms with van der Waals surface area (Å²) < 4.78 is 5.59. The van der Waals surface area contributed by atoms with E-state index in [2.05, 4.69) is 16.4 Å². The fourth-order valence-corrected chi connectivity index (χ4v) is 2.65. The molecule has 1 aromatic heterocycles. The Morgan fingerprint density at radius 3 is 3.05 bits per heavy atom. The van der Waals surface area contributed by atoms with Crippen LogP contribution in [0.25, 0.3) is 10.9 Å². The van der Waals surface area contributed by atoms with Crippen LogP contribution >= 0.6 is 0 Å². The molecule has 0 aliphatic carbocycles. The molecule has 0 radical (unpaired) electrons. The van der Waals surface area contributed by atoms with Crippen molar-refractivity contribution in [1.29, 1.82) is 0 Å². The maximum atomic E-state index is 12.1. The van der Waals surface area contributed by atoms with Crippen LogP contribution in [0.4, 0.5) is 5.69 Å². The molecule has 0 saturated carbocycles. The van der Waals surface area contributed by atoms with E-state index in [1.165, 1.54) is 0 Å². The van der Waals surface area contributed by atoms with Gasteiger partial charge in [0.15, 0.2) is 0 Å². The van der Waals surface area contributed by atoms with Gasteiger partial charge in [-0.2, -0.15) is 0 Å². The topological polar surface area (TPSA) is 80.1 Å². The Morgan fingerprint density at radius 2 is 2.30 bits per heavy atom. The lowest BCUT2D eigenvalue weighted by Crippen LogP contribution is -2.29. The minimum atomic E-state index is -0.382. The molecular weight excluding hydrogens is 254 g/mol. The summed E-state index contributed by atoms with van der Waals surface area (Å²) >= 11 is 0. The molecule has 5 nitrogen and oxygen atoms in total. The Morgan fingerprint density at radius 1 is 1.45 bits per heavy atom. The molecule has 20 heavy (non-hydrogen) atoms. The van der Waals surface area contributed by atoms with Crippen molar-refractivity contribution in [1.82, 2.24) is 4.98 Å². The van der Waals surface area contributed by atoms with Crippen LogP contribution < -0.4 is 11.1 Å². The van der Waals surface area contributed by atoms with E-state index in [9.17, 15) is 4.79 Å². The van der Waals surface area contributed by atoms with Gasteiger partial charge in [-0.3, -0.25) is 4.79 Å². The highest BCUT2D eigenvalue weighted by Crippen LogP contribution is 2.23. The average Bonchev–Trinajstić information content (AvgIpc) is 3.03. The number of aryl methyl sites for hydroxylation is 1. The fraction of sp³-hybridized carbons (Fsp3) is 0.400. The summed E-state index contributed by atoms with van der Waals surface area (Å²) in [5.74, 6) is -0.0902. The normalized spacial score (nSPS) is 22.3. The molecule has 0 spiro atoms. The van der Waals surface area contributed by atoms with Gasteiger partial charge in [-0.15, -0.1) is 0 Å². The van der Waals surface area contributed by atoms with Crippen LogP contribution in [0, 0.1) is 6.92 Å². The van der Waals surface area contributed by atoms with E-state index >= 15 is 0 Å². The van der Waals surface area contributed by atoms with Crippen LogP contribution in [-0.2, 0) is 9.53 Å². The Balaban J connectivity index is 1.71. The van der Waals surface area contributed by atoms with Crippen molar-refractivity contribution in [2.45, 2.75) is 32.0 Å². The number of fused-ring (bicyclic) bond motifs is 1. The predicted octanol–water partition coefficient (Wildman–Crippen LogP) is 1.92. The highest BCUT2D eigenvalue weighted by atomic mass is 16.5. The van der Waals surface area contributed by atoms with Crippen LogP contribution in [0.1, 0.15) is 18.5 Å². The van der Waals surface area contributed by atoms with Crippen molar-refractivity contribution in [2.24, 2.45) is 5.73 Å². The zero-order valence-corrected chi connectivity index (χ0v) is 11.5. The molecule has 106 valence electrons. The Kier molecular flexibility index (Phi) is 3.46. The first-order chi connectivity index (χ1) is 9.65. The second-order valence-electron chi connectivity index (χ2n) is 5.30. The summed E-state index contributed by atoms with van der Waals surface area (Å²) in [6.07, 6.45) is 1.22. The van der Waals surface area contributed by atoms with E-state index in [4.69, 9.17) is 10.5 Å². The zero-order valence-electron chi connectivity index (χ0n) is 11.5. The van der Waals surface area contributed by atoms with Crippen molar-refractivity contribution in [3.63, 3.8) is 0 Å². The van der Waals surface area contributed by atoms with Gasteiger partial charge in [-0.25, -0.2) is 0 Å². The first-order valence-corrected chi connectivity index (χ1v) is 6.91. The van der Waals surface area contributed by atoms with Gasteiger partial charge >= 0.3 is 0 Å². The molecule has 1 fully saturated rings. The molecule has 2 atom stereocenters. The van der Waals surface area contributed by atoms with Gasteiger partial charge in [0.25, 0.3) is 5.91 Å². The number of H-pyrrole nitrogens is 1. The van der Waals surface area contributed by atoms with E-state index in [0.717, 1.165) is 35.1 Å². The summed E-state index contributed by atoms with van der Waals surface area (Å²) in [6, 6.07) is 7.88. The van der Waals surface area contributed by atoms with Crippen LogP contribution in [0.15, 0.2) is 24.3 Å². The third-order valence-electron chi connectivity index (χ3n) is 3.69. The van der Waals surface area contributed by atoms with Crippen LogP contribution in [0.2, 0.25) is 0 Å². The molecule has 1 aromatic carbocycles. The molecule has 2 aromatic rings. The van der Waals surface area contributed by atoms with Crippen LogP contribution in [-0.4, -0.2) is 29.6 Å². The molecule has 1 saturated heterocycles. The number of anilines is 1. The zero-order chi connectivity index (χ0) is 14.1. The molecule has 5 heteroatoms. The van der Waals surface area contributed by atoms with Gasteiger partial charge in [0.05, 0.1) is 6.10 Å². The van der Waals surface area contributed by atoms with Crippen LogP contribution in [0.3, 0.4) is 0 Å². The third-order valence-corrected chi connectivity index (χ3v) is 3.69. The number of nitrogens with one attached hydrogen (secondary N) is 2. The number of nitrogens with two attached hydrogens (primary N) is 1. The van der Waals surface area contributed by atoms with E-state index in [-0.39, 0.29) is 18.1 Å². The van der Waals surface area contributed by atoms with Gasteiger partial charge in [0, 0.05) is 28.8 Å². The first kappa shape index (κ1) is 13.1. The van der Waals surface area contributed by atoms with Crippen molar-refractivity contribution < 1.29 is 9.53 Å². The molecule has 1 amide bonds. The second kappa shape index (κ2) is 5.26. The van der Waals surface area contributed by atoms with Gasteiger partial charge in [-0.1, -0.05) is 0 Å². The SMILES string of the molecule is Cc1cc2cc(NC(=O)[C@@H]3CC[C@H](CN)O3)ccc2[nH]1. The summed E-state index contributed by atoms with van der Waals surface area (Å²) in [6.45, 7) is 2.48. The highest BCUT2D eigenvalue weighted by Gasteiger charge is 2.29. The number of amides is 1. The minimum absolute atomic E-state index is 0.0144. The lowest BCUT2D eigenvalue weighted by Gasteiger charge is -2.12. The van der Waals surface area contributed by atoms with E-state index in [1.807, 2.05) is 25.1 Å². The second-order valence-corrected chi connectivity index (χ2v) is 5.30. The first-order valence-electron chi connectivity index (χ1n) is 6.91. The maximum absolute atomic E-state index is 12.1. The Hall–Kier alpha value is -1.85. The Labute approximate surface area is 117 Å². The molecular formula is C15H19N3O2. The molecule has 3 rings (SSSR count). The van der Waals surface area contributed by atoms with Gasteiger partial charge in [0.2, 0.25) is 0 Å².